The van der Waals surface area contributed by atoms with Crippen LogP contribution in [0, 0.1) is 0 Å². The minimum Gasteiger partial charge on any atom is -0.497 e. The number of benzene rings is 4. The fourth-order valence-corrected chi connectivity index (χ4v) is 10.8. The number of aromatic carboxylic acids is 2. The number of methoxy groups -OCH3 is 2. The second-order valence-electron chi connectivity index (χ2n) is 12.2. The van der Waals surface area contributed by atoms with Gasteiger partial charge in [0.15, 0.2) is 0 Å². The first-order valence-electron chi connectivity index (χ1n) is 17.0. The summed E-state index contributed by atoms with van der Waals surface area (Å²) >= 11 is 0. The van der Waals surface area contributed by atoms with Crippen LogP contribution in [0.1, 0.15) is 43.0 Å². The molecule has 0 fully saturated rings. The SMILES string of the molecule is COc1ccc2c(c1)CNCC[SH]2Cc1ccc(C(=O)O)cc1.COc1ccc2c(c1)CNCC[SH]2Cc1ccc(C(=O)O)cc1.O=C(O)/C=C/C(=O)O. The molecule has 0 radical (unpaired) electrons. The topological polar surface area (TPSA) is 192 Å². The van der Waals surface area contributed by atoms with E-state index in [0.717, 1.165) is 60.7 Å². The van der Waals surface area contributed by atoms with Gasteiger partial charge in [0.1, 0.15) is 11.5 Å². The van der Waals surface area contributed by atoms with E-state index in [-0.39, 0.29) is 21.8 Å². The Balaban J connectivity index is 0.000000201. The molecular weight excluding hydrogens is 733 g/mol. The molecule has 0 spiro atoms. The zero-order valence-electron chi connectivity index (χ0n) is 30.0. The highest BCUT2D eigenvalue weighted by Gasteiger charge is 2.18. The monoisotopic (exact) mass is 778 g/mol. The zero-order chi connectivity index (χ0) is 39.0. The summed E-state index contributed by atoms with van der Waals surface area (Å²) in [7, 11) is 2.79. The minimum atomic E-state index is -1.26. The Bertz CT molecular complexity index is 1800. The number of nitrogens with one attached hydrogen (secondary N) is 2. The third kappa shape index (κ3) is 12.7. The highest BCUT2D eigenvalue weighted by molar-refractivity contribution is 8.16. The molecule has 0 saturated heterocycles. The van der Waals surface area contributed by atoms with Crippen LogP contribution in [0.4, 0.5) is 0 Å². The van der Waals surface area contributed by atoms with Crippen molar-refractivity contribution in [2.24, 2.45) is 0 Å². The molecular formula is C40H46N2O10S2. The summed E-state index contributed by atoms with van der Waals surface area (Å²) in [6.45, 7) is 3.78. The second kappa shape index (κ2) is 20.8. The first-order chi connectivity index (χ1) is 26.0. The van der Waals surface area contributed by atoms with Gasteiger partial charge in [0.25, 0.3) is 0 Å². The molecule has 2 atom stereocenters. The standard InChI is InChI=1S/2C18H21NO3S.C4H4O4/c2*1-22-16-6-7-17-15(10-16)11-19-8-9-23(17)12-13-2-4-14(5-3-13)18(20)21;5-3(6)1-2-4(7)8/h2*2-7,10,19,23H,8-9,11-12H2,1H3,(H,20,21);1-2H,(H,5,6)(H,7,8)/b;;2-1+. The molecule has 0 aromatic heterocycles. The number of thiol groups is 2. The Morgan fingerprint density at radius 2 is 0.963 bits per heavy atom. The van der Waals surface area contributed by atoms with Gasteiger partial charge in [-0.25, -0.2) is 41.0 Å². The highest BCUT2D eigenvalue weighted by atomic mass is 32.2. The van der Waals surface area contributed by atoms with Crippen molar-refractivity contribution in [3.8, 4) is 11.5 Å². The fourth-order valence-electron chi connectivity index (χ4n) is 5.81. The Morgan fingerprint density at radius 3 is 1.28 bits per heavy atom. The molecule has 0 saturated carbocycles. The van der Waals surface area contributed by atoms with Crippen LogP contribution in [0.15, 0.2) is 107 Å². The van der Waals surface area contributed by atoms with Gasteiger partial charge in [-0.2, -0.15) is 0 Å². The molecule has 2 heterocycles. The summed E-state index contributed by atoms with van der Waals surface area (Å²) in [5, 5.41) is 40.6. The van der Waals surface area contributed by atoms with Crippen LogP contribution in [0.5, 0.6) is 11.5 Å². The summed E-state index contributed by atoms with van der Waals surface area (Å²) in [5.41, 5.74) is 5.71. The Labute approximate surface area is 319 Å². The van der Waals surface area contributed by atoms with Gasteiger partial charge in [-0.1, -0.05) is 24.3 Å². The lowest BCUT2D eigenvalue weighted by Crippen LogP contribution is -2.14. The Morgan fingerprint density at radius 1 is 0.593 bits per heavy atom. The third-order valence-corrected chi connectivity index (χ3v) is 13.8. The first kappa shape index (κ1) is 41.5. The minimum absolute atomic E-state index is 0.298. The summed E-state index contributed by atoms with van der Waals surface area (Å²) in [6, 6.07) is 27.2. The van der Waals surface area contributed by atoms with Crippen molar-refractivity contribution in [2.45, 2.75) is 34.4 Å². The maximum Gasteiger partial charge on any atom is 0.335 e. The lowest BCUT2D eigenvalue weighted by atomic mass is 10.1. The van der Waals surface area contributed by atoms with Gasteiger partial charge in [0.2, 0.25) is 0 Å². The molecule has 2 aliphatic heterocycles. The van der Waals surface area contributed by atoms with Crippen LogP contribution in [-0.2, 0) is 34.2 Å². The number of aliphatic carboxylic acids is 2. The highest BCUT2D eigenvalue weighted by Crippen LogP contribution is 2.44. The van der Waals surface area contributed by atoms with E-state index >= 15 is 0 Å². The molecule has 2 unspecified atom stereocenters. The lowest BCUT2D eigenvalue weighted by Gasteiger charge is -2.22. The van der Waals surface area contributed by atoms with E-state index in [9.17, 15) is 19.2 Å². The smallest absolute Gasteiger partial charge is 0.335 e. The van der Waals surface area contributed by atoms with Crippen LogP contribution < -0.4 is 20.1 Å². The summed E-state index contributed by atoms with van der Waals surface area (Å²) in [5.74, 6) is 1.76. The second-order valence-corrected chi connectivity index (χ2v) is 16.8. The fraction of sp³-hybridized carbons (Fsp3) is 0.250. The average molecular weight is 779 g/mol. The maximum atomic E-state index is 11.0. The van der Waals surface area contributed by atoms with E-state index < -0.39 is 23.9 Å². The molecule has 0 amide bonds. The van der Waals surface area contributed by atoms with Gasteiger partial charge in [-0.05, 0) is 104 Å². The maximum absolute atomic E-state index is 11.0. The normalized spacial score (nSPS) is 17.4. The number of fused-ring (bicyclic) bond motifs is 2. The van der Waals surface area contributed by atoms with Gasteiger partial charge >= 0.3 is 23.9 Å². The number of carboxylic acid groups (broad SMARTS) is 4. The summed E-state index contributed by atoms with van der Waals surface area (Å²) in [4.78, 5) is 43.9. The van der Waals surface area contributed by atoms with E-state index in [1.807, 2.05) is 36.4 Å². The molecule has 14 heteroatoms. The van der Waals surface area contributed by atoms with Crippen molar-refractivity contribution in [3.05, 3.63) is 130 Å². The molecule has 4 aromatic rings. The van der Waals surface area contributed by atoms with E-state index in [0.29, 0.717) is 23.3 Å². The van der Waals surface area contributed by atoms with Gasteiger partial charge in [-0.15, -0.1) is 0 Å². The predicted molar refractivity (Wildman–Crippen MR) is 212 cm³/mol. The third-order valence-electron chi connectivity index (χ3n) is 8.52. The molecule has 4 aromatic carbocycles. The van der Waals surface area contributed by atoms with Gasteiger partial charge in [0.05, 0.1) is 25.3 Å². The molecule has 12 nitrogen and oxygen atoms in total. The average Bonchev–Trinajstić information content (AvgIpc) is 3.50. The molecule has 0 aliphatic carbocycles. The van der Waals surface area contributed by atoms with Gasteiger partial charge in [0, 0.05) is 49.8 Å². The molecule has 288 valence electrons. The molecule has 6 N–H and O–H groups in total. The van der Waals surface area contributed by atoms with Crippen molar-refractivity contribution < 1.29 is 49.1 Å². The lowest BCUT2D eigenvalue weighted by molar-refractivity contribution is -0.134. The Kier molecular flexibility index (Phi) is 16.0. The molecule has 2 aliphatic rings. The quantitative estimate of drug-likeness (QED) is 0.0712. The van der Waals surface area contributed by atoms with Crippen molar-refractivity contribution in [3.63, 3.8) is 0 Å². The first-order valence-corrected chi connectivity index (χ1v) is 20.4. The van der Waals surface area contributed by atoms with Gasteiger partial charge < -0.3 is 40.5 Å². The number of rotatable bonds is 10. The molecule has 54 heavy (non-hydrogen) atoms. The largest absolute Gasteiger partial charge is 0.497 e. The van der Waals surface area contributed by atoms with Crippen LogP contribution in [0.2, 0.25) is 0 Å². The molecule has 0 bridgehead atoms. The van der Waals surface area contributed by atoms with Crippen molar-refractivity contribution in [1.82, 2.24) is 10.6 Å². The number of carboxylic acids is 4. The number of ether oxygens (including phenoxy) is 2. The zero-order valence-corrected chi connectivity index (χ0v) is 31.8. The van der Waals surface area contributed by atoms with Crippen LogP contribution in [0.3, 0.4) is 0 Å². The summed E-state index contributed by atoms with van der Waals surface area (Å²) in [6.07, 6.45) is 1.12. The van der Waals surface area contributed by atoms with Crippen molar-refractivity contribution >= 4 is 45.7 Å². The number of carbonyl (C=O) groups is 4. The van der Waals surface area contributed by atoms with Crippen LogP contribution >= 0.6 is 21.8 Å². The van der Waals surface area contributed by atoms with Gasteiger partial charge in [-0.3, -0.25) is 0 Å². The van der Waals surface area contributed by atoms with E-state index in [2.05, 4.69) is 34.9 Å². The van der Waals surface area contributed by atoms with Crippen molar-refractivity contribution in [1.29, 1.82) is 0 Å². The summed E-state index contributed by atoms with van der Waals surface area (Å²) < 4.78 is 10.7. The van der Waals surface area contributed by atoms with E-state index in [4.69, 9.17) is 29.9 Å². The van der Waals surface area contributed by atoms with Crippen LogP contribution in [0.25, 0.3) is 0 Å². The predicted octanol–water partition coefficient (Wildman–Crippen LogP) is 5.83. The number of hydrogen-bond acceptors (Lipinski definition) is 8. The molecule has 6 rings (SSSR count). The van der Waals surface area contributed by atoms with E-state index in [1.54, 1.807) is 38.5 Å². The number of hydrogen-bond donors (Lipinski definition) is 8. The Hall–Kier alpha value is -5.28. The van der Waals surface area contributed by atoms with E-state index in [1.165, 1.54) is 32.0 Å². The van der Waals surface area contributed by atoms with Crippen molar-refractivity contribution in [2.75, 3.05) is 38.8 Å². The van der Waals surface area contributed by atoms with Crippen LogP contribution in [-0.4, -0.2) is 83.1 Å².